The van der Waals surface area contributed by atoms with Gasteiger partial charge < -0.3 is 0 Å². The Morgan fingerprint density at radius 2 is 1.48 bits per heavy atom. The van der Waals surface area contributed by atoms with Crippen molar-refractivity contribution in [3.63, 3.8) is 0 Å². The Balaban J connectivity index is 1.73. The van der Waals surface area contributed by atoms with Crippen LogP contribution in [-0.2, 0) is 6.37 Å². The molecular formula is C27H33NSi. The number of aromatic nitrogens is 1. The van der Waals surface area contributed by atoms with E-state index in [0.717, 1.165) is 47.7 Å². The van der Waals surface area contributed by atoms with Crippen LogP contribution in [0.5, 0.6) is 0 Å². The lowest BCUT2D eigenvalue weighted by Crippen LogP contribution is -2.41. The van der Waals surface area contributed by atoms with Gasteiger partial charge in [0.1, 0.15) is 0 Å². The van der Waals surface area contributed by atoms with Crippen molar-refractivity contribution in [2.24, 2.45) is 5.92 Å². The van der Waals surface area contributed by atoms with Crippen LogP contribution in [0.25, 0.3) is 22.4 Å². The quantitative estimate of drug-likeness (QED) is 0.416. The molecule has 3 aromatic rings. The van der Waals surface area contributed by atoms with Crippen molar-refractivity contribution >= 4 is 13.3 Å². The molecule has 0 spiro atoms. The van der Waals surface area contributed by atoms with E-state index in [0.29, 0.717) is 0 Å². The van der Waals surface area contributed by atoms with Gasteiger partial charge in [-0.3, -0.25) is 4.98 Å². The number of rotatable bonds is 5. The van der Waals surface area contributed by atoms with Gasteiger partial charge in [-0.2, -0.15) is 0 Å². The highest BCUT2D eigenvalue weighted by Gasteiger charge is 2.24. The average Bonchev–Trinajstić information content (AvgIpc) is 2.79. The summed E-state index contributed by atoms with van der Waals surface area (Å²) in [7, 11) is -1.73. The minimum atomic E-state index is -1.73. The topological polar surface area (TPSA) is 12.9 Å². The second-order valence-electron chi connectivity index (χ2n) is 9.29. The largest absolute Gasteiger partial charge is 0.256 e. The van der Waals surface area contributed by atoms with E-state index < -0.39 is 14.4 Å². The first-order valence-corrected chi connectivity index (χ1v) is 14.4. The first-order valence-electron chi connectivity index (χ1n) is 11.9. The second-order valence-corrected chi connectivity index (χ2v) is 14.3. The molecule has 0 unspecified atom stereocenters. The number of nitrogens with zero attached hydrogens (tertiary/aromatic N) is 1. The summed E-state index contributed by atoms with van der Waals surface area (Å²) in [5, 5.41) is 1.16. The van der Waals surface area contributed by atoms with Crippen LogP contribution in [0.4, 0.5) is 0 Å². The van der Waals surface area contributed by atoms with Crippen LogP contribution in [0, 0.1) is 5.92 Å². The maximum atomic E-state index is 9.15. The first kappa shape index (κ1) is 17.6. The highest BCUT2D eigenvalue weighted by atomic mass is 28.3. The molecule has 0 aliphatic heterocycles. The molecule has 1 fully saturated rings. The predicted octanol–water partition coefficient (Wildman–Crippen LogP) is 7.08. The van der Waals surface area contributed by atoms with Gasteiger partial charge in [0.15, 0.2) is 0 Å². The van der Waals surface area contributed by atoms with Crippen LogP contribution in [0.1, 0.15) is 40.4 Å². The zero-order valence-corrected chi connectivity index (χ0v) is 18.9. The molecule has 150 valence electrons. The maximum Gasteiger partial charge on any atom is 0.0799 e. The van der Waals surface area contributed by atoms with E-state index in [1.165, 1.54) is 17.5 Å². The Morgan fingerprint density at radius 1 is 0.862 bits per heavy atom. The summed E-state index contributed by atoms with van der Waals surface area (Å²) in [6.07, 6.45) is 6.17. The third-order valence-corrected chi connectivity index (χ3v) is 7.98. The molecule has 2 aromatic carbocycles. The van der Waals surface area contributed by atoms with Crippen LogP contribution in [0.2, 0.25) is 19.6 Å². The lowest BCUT2D eigenvalue weighted by atomic mass is 9.85. The summed E-state index contributed by atoms with van der Waals surface area (Å²) < 4.78 is 18.3. The van der Waals surface area contributed by atoms with Crippen molar-refractivity contribution in [3.8, 4) is 22.4 Å². The van der Waals surface area contributed by atoms with Gasteiger partial charge in [0.05, 0.1) is 13.8 Å². The lowest BCUT2D eigenvalue weighted by molar-refractivity contribution is 0.357. The zero-order chi connectivity index (χ0) is 22.1. The van der Waals surface area contributed by atoms with E-state index in [1.807, 2.05) is 12.3 Å². The second kappa shape index (κ2) is 8.67. The molecule has 0 atom stereocenters. The summed E-state index contributed by atoms with van der Waals surface area (Å²) in [6.45, 7) is 6.87. The van der Waals surface area contributed by atoms with Gasteiger partial charge >= 0.3 is 0 Å². The van der Waals surface area contributed by atoms with E-state index >= 15 is 0 Å². The van der Waals surface area contributed by atoms with Crippen LogP contribution in [0.15, 0.2) is 66.9 Å². The SMILES string of the molecule is [2H]C([2H])(c1cc(-c2ccc(-c3ccccc3)cc2)ncc1[Si](C)(C)C)C1CCCCC1. The summed E-state index contributed by atoms with van der Waals surface area (Å²) in [5.41, 5.74) is 5.18. The van der Waals surface area contributed by atoms with E-state index in [-0.39, 0.29) is 5.92 Å². The van der Waals surface area contributed by atoms with Crippen molar-refractivity contribution < 1.29 is 2.74 Å². The van der Waals surface area contributed by atoms with E-state index in [1.54, 1.807) is 0 Å². The van der Waals surface area contributed by atoms with Gasteiger partial charge in [-0.1, -0.05) is 106 Å². The van der Waals surface area contributed by atoms with E-state index in [9.17, 15) is 0 Å². The fourth-order valence-electron chi connectivity index (χ4n) is 4.26. The monoisotopic (exact) mass is 401 g/mol. The van der Waals surface area contributed by atoms with Gasteiger partial charge in [-0.25, -0.2) is 0 Å². The minimum absolute atomic E-state index is 0.104. The van der Waals surface area contributed by atoms with Gasteiger partial charge in [0, 0.05) is 14.5 Å². The molecule has 2 heteroatoms. The fourth-order valence-corrected chi connectivity index (χ4v) is 5.67. The summed E-state index contributed by atoms with van der Waals surface area (Å²) in [6, 6.07) is 20.9. The number of hydrogen-bond donors (Lipinski definition) is 0. The van der Waals surface area contributed by atoms with E-state index in [4.69, 9.17) is 7.73 Å². The van der Waals surface area contributed by atoms with Crippen LogP contribution in [-0.4, -0.2) is 13.1 Å². The Labute approximate surface area is 180 Å². The molecule has 1 aliphatic rings. The van der Waals surface area contributed by atoms with Crippen molar-refractivity contribution in [2.45, 2.75) is 58.1 Å². The standard InChI is InChI=1S/C27H33NSi/c1-29(2,3)27-20-28-26(19-25(27)18-21-10-6-4-7-11-21)24-16-14-23(15-17-24)22-12-8-5-9-13-22/h5,8-9,12-17,19-21H,4,6-7,10-11,18H2,1-3H3/i18D2. The van der Waals surface area contributed by atoms with Crippen molar-refractivity contribution in [2.75, 3.05) is 0 Å². The molecule has 1 saturated carbocycles. The van der Waals surface area contributed by atoms with Gasteiger partial charge in [-0.05, 0) is 40.2 Å². The third kappa shape index (κ3) is 4.87. The molecule has 0 bridgehead atoms. The molecule has 0 radical (unpaired) electrons. The van der Waals surface area contributed by atoms with Crippen molar-refractivity contribution in [1.82, 2.24) is 4.98 Å². The number of pyridine rings is 1. The molecule has 0 amide bonds. The molecule has 1 aromatic heterocycles. The number of benzene rings is 2. The normalized spacial score (nSPS) is 16.9. The fraction of sp³-hybridized carbons (Fsp3) is 0.370. The summed E-state index contributed by atoms with van der Waals surface area (Å²) in [5.74, 6) is 0.104. The predicted molar refractivity (Wildman–Crippen MR) is 128 cm³/mol. The maximum absolute atomic E-state index is 9.15. The highest BCUT2D eigenvalue weighted by molar-refractivity contribution is 6.89. The summed E-state index contributed by atoms with van der Waals surface area (Å²) in [4.78, 5) is 4.81. The molecule has 1 heterocycles. The van der Waals surface area contributed by atoms with Gasteiger partial charge in [0.25, 0.3) is 0 Å². The van der Waals surface area contributed by atoms with Crippen molar-refractivity contribution in [3.05, 3.63) is 72.4 Å². The molecule has 1 nitrogen and oxygen atoms in total. The minimum Gasteiger partial charge on any atom is -0.256 e. The van der Waals surface area contributed by atoms with E-state index in [2.05, 4.69) is 74.2 Å². The molecular weight excluding hydrogens is 366 g/mol. The Kier molecular flexibility index (Phi) is 5.27. The van der Waals surface area contributed by atoms with Crippen LogP contribution >= 0.6 is 0 Å². The van der Waals surface area contributed by atoms with Gasteiger partial charge in [-0.15, -0.1) is 0 Å². The summed E-state index contributed by atoms with van der Waals surface area (Å²) >= 11 is 0. The molecule has 1 aliphatic carbocycles. The Bertz CT molecular complexity index is 1020. The number of hydrogen-bond acceptors (Lipinski definition) is 1. The molecule has 0 saturated heterocycles. The highest BCUT2D eigenvalue weighted by Crippen LogP contribution is 2.29. The van der Waals surface area contributed by atoms with Crippen molar-refractivity contribution in [1.29, 1.82) is 0 Å². The lowest BCUT2D eigenvalue weighted by Gasteiger charge is -2.26. The van der Waals surface area contributed by atoms with Crippen LogP contribution in [0.3, 0.4) is 0 Å². The molecule has 29 heavy (non-hydrogen) atoms. The molecule has 4 rings (SSSR count). The Morgan fingerprint density at radius 3 is 2.14 bits per heavy atom. The molecule has 0 N–H and O–H groups in total. The van der Waals surface area contributed by atoms with Gasteiger partial charge in [0.2, 0.25) is 0 Å². The smallest absolute Gasteiger partial charge is 0.0799 e. The van der Waals surface area contributed by atoms with Crippen LogP contribution < -0.4 is 5.19 Å². The zero-order valence-electron chi connectivity index (χ0n) is 19.9. The Hall–Kier alpha value is -2.19. The average molecular weight is 402 g/mol. The first-order chi connectivity index (χ1) is 14.8. The third-order valence-electron chi connectivity index (χ3n) is 5.96.